The van der Waals surface area contributed by atoms with Crippen LogP contribution >= 0.6 is 0 Å². The molecule has 2 aromatic carbocycles. The largest absolute Gasteiger partial charge is 0.279 e. The lowest BCUT2D eigenvalue weighted by Crippen LogP contribution is -2.28. The summed E-state index contributed by atoms with van der Waals surface area (Å²) in [6.45, 7) is -0.0427. The smallest absolute Gasteiger partial charge is 0.267 e. The Bertz CT molecular complexity index is 1090. The van der Waals surface area contributed by atoms with E-state index in [-0.39, 0.29) is 23.9 Å². The predicted molar refractivity (Wildman–Crippen MR) is 82.4 cm³/mol. The Labute approximate surface area is 134 Å². The van der Waals surface area contributed by atoms with Gasteiger partial charge in [-0.05, 0) is 29.5 Å². The van der Waals surface area contributed by atoms with E-state index in [1.807, 2.05) is 0 Å². The number of aromatic nitrogens is 7. The molecular weight excluding hydrogens is 313 g/mol. The van der Waals surface area contributed by atoms with E-state index >= 15 is 0 Å². The van der Waals surface area contributed by atoms with Crippen molar-refractivity contribution in [1.82, 2.24) is 35.2 Å². The summed E-state index contributed by atoms with van der Waals surface area (Å²) < 4.78 is 14.4. The summed E-state index contributed by atoms with van der Waals surface area (Å²) >= 11 is 0. The molecule has 0 unspecified atom stereocenters. The highest BCUT2D eigenvalue weighted by Crippen LogP contribution is 2.14. The van der Waals surface area contributed by atoms with Crippen LogP contribution in [-0.2, 0) is 6.67 Å². The maximum Gasteiger partial charge on any atom is 0.279 e. The van der Waals surface area contributed by atoms with Crippen molar-refractivity contribution < 1.29 is 4.39 Å². The lowest BCUT2D eigenvalue weighted by molar-refractivity contribution is 0.418. The average Bonchev–Trinajstić information content (AvgIpc) is 3.06. The lowest BCUT2D eigenvalue weighted by atomic mass is 10.2. The third-order valence-corrected chi connectivity index (χ3v) is 3.43. The minimum atomic E-state index is -0.388. The molecule has 0 saturated carbocycles. The Morgan fingerprint density at radius 3 is 2.75 bits per heavy atom. The summed E-state index contributed by atoms with van der Waals surface area (Å²) in [5.74, 6) is -0.128. The Hall–Kier alpha value is -3.49. The molecule has 4 aromatic rings. The zero-order valence-electron chi connectivity index (χ0n) is 12.2. The van der Waals surface area contributed by atoms with E-state index in [0.29, 0.717) is 16.5 Å². The monoisotopic (exact) mass is 323 g/mol. The number of hydrogen-bond acceptors (Lipinski definition) is 6. The quantitative estimate of drug-likeness (QED) is 0.560. The van der Waals surface area contributed by atoms with E-state index in [2.05, 4.69) is 25.7 Å². The molecule has 0 saturated heterocycles. The van der Waals surface area contributed by atoms with E-state index in [1.165, 1.54) is 16.9 Å². The molecule has 0 aliphatic heterocycles. The van der Waals surface area contributed by atoms with Gasteiger partial charge in [-0.1, -0.05) is 29.5 Å². The molecule has 4 rings (SSSR count). The molecule has 0 bridgehead atoms. The Morgan fingerprint density at radius 2 is 1.88 bits per heavy atom. The lowest BCUT2D eigenvalue weighted by Gasteiger charge is -2.02. The van der Waals surface area contributed by atoms with Gasteiger partial charge in [-0.2, -0.15) is 4.68 Å². The standard InChI is InChI=1S/C15H10FN7O/c16-11-5-3-4-10(8-11)14-18-21-23(19-14)9-22-15(24)12-6-1-2-7-13(12)17-20-22/h1-8H,9H2. The third-order valence-electron chi connectivity index (χ3n) is 3.43. The molecule has 2 aromatic heterocycles. The molecule has 0 fully saturated rings. The molecule has 0 N–H and O–H groups in total. The van der Waals surface area contributed by atoms with Crippen LogP contribution in [0.1, 0.15) is 0 Å². The molecule has 2 heterocycles. The van der Waals surface area contributed by atoms with Crippen LogP contribution in [0.3, 0.4) is 0 Å². The van der Waals surface area contributed by atoms with Crippen molar-refractivity contribution in [1.29, 1.82) is 0 Å². The molecular formula is C15H10FN7O. The minimum Gasteiger partial charge on any atom is -0.267 e. The first kappa shape index (κ1) is 14.1. The van der Waals surface area contributed by atoms with Crippen LogP contribution in [0, 0.1) is 5.82 Å². The maximum absolute atomic E-state index is 13.3. The van der Waals surface area contributed by atoms with Gasteiger partial charge in [0.15, 0.2) is 6.67 Å². The number of benzene rings is 2. The number of halogens is 1. The molecule has 118 valence electrons. The fourth-order valence-electron chi connectivity index (χ4n) is 2.28. The van der Waals surface area contributed by atoms with Crippen molar-refractivity contribution in [2.24, 2.45) is 0 Å². The van der Waals surface area contributed by atoms with Crippen molar-refractivity contribution in [3.63, 3.8) is 0 Å². The minimum absolute atomic E-state index is 0.0427. The Morgan fingerprint density at radius 1 is 1.00 bits per heavy atom. The number of fused-ring (bicyclic) bond motifs is 1. The third kappa shape index (κ3) is 2.51. The Balaban J connectivity index is 1.67. The van der Waals surface area contributed by atoms with E-state index in [9.17, 15) is 9.18 Å². The fraction of sp³-hybridized carbons (Fsp3) is 0.0667. The number of rotatable bonds is 3. The molecule has 0 atom stereocenters. The molecule has 0 aliphatic rings. The van der Waals surface area contributed by atoms with Crippen LogP contribution in [0.25, 0.3) is 22.3 Å². The van der Waals surface area contributed by atoms with Crippen LogP contribution in [0.15, 0.2) is 53.3 Å². The van der Waals surface area contributed by atoms with Gasteiger partial charge in [-0.3, -0.25) is 4.79 Å². The SMILES string of the molecule is O=c1c2ccccc2nnn1Cn1nnc(-c2cccc(F)c2)n1. The normalized spacial score (nSPS) is 11.0. The van der Waals surface area contributed by atoms with Crippen molar-refractivity contribution >= 4 is 10.9 Å². The molecule has 8 nitrogen and oxygen atoms in total. The van der Waals surface area contributed by atoms with Gasteiger partial charge >= 0.3 is 0 Å². The first-order valence-corrected chi connectivity index (χ1v) is 7.07. The van der Waals surface area contributed by atoms with Crippen LogP contribution in [-0.4, -0.2) is 35.2 Å². The summed E-state index contributed by atoms with van der Waals surface area (Å²) in [4.78, 5) is 13.6. The predicted octanol–water partition coefficient (Wildman–Crippen LogP) is 1.09. The summed E-state index contributed by atoms with van der Waals surface area (Å²) in [6.07, 6.45) is 0. The summed E-state index contributed by atoms with van der Waals surface area (Å²) in [6, 6.07) is 12.8. The number of nitrogens with zero attached hydrogens (tertiary/aromatic N) is 7. The fourth-order valence-corrected chi connectivity index (χ4v) is 2.28. The second-order valence-electron chi connectivity index (χ2n) is 5.05. The Kier molecular flexibility index (Phi) is 3.30. The van der Waals surface area contributed by atoms with Crippen molar-refractivity contribution in [2.45, 2.75) is 6.67 Å². The second kappa shape index (κ2) is 5.61. The second-order valence-corrected chi connectivity index (χ2v) is 5.05. The van der Waals surface area contributed by atoms with Gasteiger partial charge in [-0.25, -0.2) is 4.39 Å². The maximum atomic E-state index is 13.3. The van der Waals surface area contributed by atoms with Gasteiger partial charge in [0.2, 0.25) is 5.82 Å². The number of tetrazole rings is 1. The highest BCUT2D eigenvalue weighted by atomic mass is 19.1. The van der Waals surface area contributed by atoms with E-state index in [0.717, 1.165) is 4.68 Å². The zero-order chi connectivity index (χ0) is 16.5. The van der Waals surface area contributed by atoms with Crippen LogP contribution in [0.2, 0.25) is 0 Å². The first-order valence-electron chi connectivity index (χ1n) is 7.07. The average molecular weight is 323 g/mol. The molecule has 0 spiro atoms. The molecule has 9 heteroatoms. The van der Waals surface area contributed by atoms with Gasteiger partial charge < -0.3 is 0 Å². The zero-order valence-corrected chi connectivity index (χ0v) is 12.2. The summed E-state index contributed by atoms with van der Waals surface area (Å²) in [5, 5.41) is 20.2. The van der Waals surface area contributed by atoms with E-state index in [4.69, 9.17) is 0 Å². The highest BCUT2D eigenvalue weighted by molar-refractivity contribution is 5.76. The summed E-state index contributed by atoms with van der Waals surface area (Å²) in [7, 11) is 0. The van der Waals surface area contributed by atoms with Crippen LogP contribution < -0.4 is 5.56 Å². The molecule has 0 radical (unpaired) electrons. The van der Waals surface area contributed by atoms with E-state index < -0.39 is 0 Å². The van der Waals surface area contributed by atoms with Gasteiger partial charge in [-0.15, -0.1) is 20.1 Å². The number of hydrogen-bond donors (Lipinski definition) is 0. The highest BCUT2D eigenvalue weighted by Gasteiger charge is 2.10. The molecule has 24 heavy (non-hydrogen) atoms. The molecule has 0 amide bonds. The summed E-state index contributed by atoms with van der Waals surface area (Å²) in [5.41, 5.74) is 0.717. The van der Waals surface area contributed by atoms with E-state index in [1.54, 1.807) is 36.4 Å². The van der Waals surface area contributed by atoms with Gasteiger partial charge in [0.1, 0.15) is 11.3 Å². The molecule has 0 aliphatic carbocycles. The topological polar surface area (TPSA) is 91.4 Å². The van der Waals surface area contributed by atoms with Crippen molar-refractivity contribution in [3.8, 4) is 11.4 Å². The van der Waals surface area contributed by atoms with Gasteiger partial charge in [0.05, 0.1) is 5.39 Å². The van der Waals surface area contributed by atoms with Gasteiger partial charge in [0, 0.05) is 5.56 Å². The van der Waals surface area contributed by atoms with Crippen LogP contribution in [0.4, 0.5) is 4.39 Å². The first-order chi connectivity index (χ1) is 11.7. The van der Waals surface area contributed by atoms with Crippen LogP contribution in [0.5, 0.6) is 0 Å². The van der Waals surface area contributed by atoms with Crippen molar-refractivity contribution in [3.05, 3.63) is 64.7 Å². The van der Waals surface area contributed by atoms with Crippen molar-refractivity contribution in [2.75, 3.05) is 0 Å². The van der Waals surface area contributed by atoms with Gasteiger partial charge in [0.25, 0.3) is 5.56 Å².